The minimum Gasteiger partial charge on any atom is -0.493 e. The highest BCUT2D eigenvalue weighted by atomic mass is 16.5. The minimum absolute atomic E-state index is 0.209. The second-order valence-corrected chi connectivity index (χ2v) is 13.1. The molecule has 1 N–H and O–H groups in total. The molecule has 0 aliphatic carbocycles. The van der Waals surface area contributed by atoms with E-state index in [1.54, 1.807) is 34.9 Å². The average molecular weight is 673 g/mol. The highest BCUT2D eigenvalue weighted by Crippen LogP contribution is 2.43. The summed E-state index contributed by atoms with van der Waals surface area (Å²) in [4.78, 5) is 33.5. The van der Waals surface area contributed by atoms with Crippen LogP contribution in [0.5, 0.6) is 23.0 Å². The van der Waals surface area contributed by atoms with E-state index >= 15 is 0 Å². The number of aliphatic hydroxyl groups excluding tert-OH is 1. The highest BCUT2D eigenvalue weighted by Gasteiger charge is 2.44. The van der Waals surface area contributed by atoms with Gasteiger partial charge in [0.05, 0.1) is 50.4 Å². The van der Waals surface area contributed by atoms with Crippen molar-refractivity contribution in [2.45, 2.75) is 51.4 Å². The SMILES string of the molecule is C=C1CC(CN(C(=C)C)c2cc(OCCCOc3cc4c(cc3OC)C(=O)N3CC(=C)CC3C(O)N4C(=C)C)c(OC)cc2C=O)N(C)C1. The number of anilines is 2. The van der Waals surface area contributed by atoms with Crippen LogP contribution in [0, 0.1) is 0 Å². The van der Waals surface area contributed by atoms with Crippen molar-refractivity contribution in [3.63, 3.8) is 0 Å². The number of aldehydes is 1. The maximum absolute atomic E-state index is 13.7. The van der Waals surface area contributed by atoms with Crippen molar-refractivity contribution in [1.29, 1.82) is 0 Å². The number of carbonyl (C=O) groups excluding carboxylic acids is 2. The Hall–Kier alpha value is -4.74. The Bertz CT molecular complexity index is 1670. The predicted octanol–water partition coefficient (Wildman–Crippen LogP) is 5.41. The number of ether oxygens (including phenoxy) is 4. The molecule has 11 nitrogen and oxygen atoms in total. The Balaban J connectivity index is 1.31. The number of hydrogen-bond acceptors (Lipinski definition) is 10. The fourth-order valence-electron chi connectivity index (χ4n) is 6.91. The number of fused-ring (bicyclic) bond motifs is 2. The number of hydrogen-bond donors (Lipinski definition) is 1. The summed E-state index contributed by atoms with van der Waals surface area (Å²) in [6.07, 6.45) is 1.70. The van der Waals surface area contributed by atoms with Crippen LogP contribution >= 0.6 is 0 Å². The molecule has 3 aliphatic rings. The molecule has 2 aromatic rings. The summed E-state index contributed by atoms with van der Waals surface area (Å²) in [7, 11) is 5.13. The highest BCUT2D eigenvalue weighted by molar-refractivity contribution is 6.02. The van der Waals surface area contributed by atoms with Gasteiger partial charge in [-0.3, -0.25) is 14.5 Å². The number of benzene rings is 2. The van der Waals surface area contributed by atoms with Gasteiger partial charge in [-0.05, 0) is 45.9 Å². The molecular formula is C38H48N4O7. The standard InChI is InChI=1S/C38H48N4O7/c1-23(2)40(21-28-13-25(5)19-39(28)7)30-17-35(33(46-8)15-27(30)22-43)48-11-10-12-49-36-18-31-29(16-34(36)47-9)37(44)41-20-26(6)14-32(41)38(45)42(31)24(3)4/h15-18,22,28,32,38,45H,1,3,5-6,10-14,19-21H2,2,4,7-9H3. The number of aliphatic hydroxyl groups is 1. The lowest BCUT2D eigenvalue weighted by Crippen LogP contribution is -2.47. The van der Waals surface area contributed by atoms with Crippen molar-refractivity contribution in [3.05, 3.63) is 84.2 Å². The van der Waals surface area contributed by atoms with Crippen LogP contribution in [0.1, 0.15) is 53.8 Å². The third kappa shape index (κ3) is 7.18. The number of nitrogens with zero attached hydrogens (tertiary/aromatic N) is 4. The monoisotopic (exact) mass is 672 g/mol. The Morgan fingerprint density at radius 2 is 1.59 bits per heavy atom. The number of methoxy groups -OCH3 is 2. The van der Waals surface area contributed by atoms with Gasteiger partial charge in [-0.25, -0.2) is 0 Å². The number of likely N-dealkylation sites (tertiary alicyclic amines) is 1. The van der Waals surface area contributed by atoms with E-state index in [0.29, 0.717) is 77.1 Å². The zero-order valence-corrected chi connectivity index (χ0v) is 29.3. The van der Waals surface area contributed by atoms with Crippen LogP contribution in [0.15, 0.2) is 73.1 Å². The number of amides is 1. The smallest absolute Gasteiger partial charge is 0.256 e. The van der Waals surface area contributed by atoms with Crippen molar-refractivity contribution in [3.8, 4) is 23.0 Å². The van der Waals surface area contributed by atoms with Crippen LogP contribution in [0.3, 0.4) is 0 Å². The molecular weight excluding hydrogens is 624 g/mol. The second kappa shape index (κ2) is 14.8. The molecule has 1 amide bonds. The fraction of sp³-hybridized carbons (Fsp3) is 0.421. The molecule has 0 spiro atoms. The zero-order chi connectivity index (χ0) is 35.6. The Kier molecular flexibility index (Phi) is 10.7. The molecule has 0 aromatic heterocycles. The van der Waals surface area contributed by atoms with Crippen LogP contribution in [-0.2, 0) is 0 Å². The molecule has 11 heteroatoms. The molecule has 49 heavy (non-hydrogen) atoms. The van der Waals surface area contributed by atoms with Gasteiger partial charge in [-0.1, -0.05) is 37.5 Å². The van der Waals surface area contributed by atoms with Crippen LogP contribution < -0.4 is 28.7 Å². The molecule has 3 aliphatic heterocycles. The molecule has 3 heterocycles. The fourth-order valence-corrected chi connectivity index (χ4v) is 6.91. The largest absolute Gasteiger partial charge is 0.493 e. The van der Waals surface area contributed by atoms with E-state index in [9.17, 15) is 14.7 Å². The first-order valence-corrected chi connectivity index (χ1v) is 16.4. The zero-order valence-electron chi connectivity index (χ0n) is 29.3. The number of allylic oxidation sites excluding steroid dienone is 2. The summed E-state index contributed by atoms with van der Waals surface area (Å²) in [5, 5.41) is 11.4. The summed E-state index contributed by atoms with van der Waals surface area (Å²) in [5.41, 5.74) is 5.52. The number of likely N-dealkylation sites (N-methyl/N-ethyl adjacent to an activating group) is 1. The lowest BCUT2D eigenvalue weighted by atomic mass is 10.1. The molecule has 5 rings (SSSR count). The molecule has 3 atom stereocenters. The van der Waals surface area contributed by atoms with E-state index in [4.69, 9.17) is 18.9 Å². The van der Waals surface area contributed by atoms with Gasteiger partial charge in [-0.15, -0.1) is 0 Å². The van der Waals surface area contributed by atoms with E-state index in [-0.39, 0.29) is 25.2 Å². The average Bonchev–Trinajstić information content (AvgIpc) is 3.60. The van der Waals surface area contributed by atoms with Gasteiger partial charge in [0.25, 0.3) is 5.91 Å². The maximum atomic E-state index is 13.7. The molecule has 2 fully saturated rings. The first-order valence-electron chi connectivity index (χ1n) is 16.4. The molecule has 0 bridgehead atoms. The third-order valence-electron chi connectivity index (χ3n) is 9.35. The summed E-state index contributed by atoms with van der Waals surface area (Å²) < 4.78 is 23.6. The first-order chi connectivity index (χ1) is 23.4. The minimum atomic E-state index is -0.999. The molecule has 3 unspecified atom stereocenters. The van der Waals surface area contributed by atoms with Crippen molar-refractivity contribution in [2.24, 2.45) is 0 Å². The van der Waals surface area contributed by atoms with Crippen LogP contribution in [0.4, 0.5) is 11.4 Å². The van der Waals surface area contributed by atoms with Gasteiger partial charge < -0.3 is 38.8 Å². The van der Waals surface area contributed by atoms with Crippen LogP contribution in [0.2, 0.25) is 0 Å². The van der Waals surface area contributed by atoms with Gasteiger partial charge >= 0.3 is 0 Å². The molecule has 2 saturated heterocycles. The van der Waals surface area contributed by atoms with Crippen molar-refractivity contribution < 1.29 is 33.6 Å². The summed E-state index contributed by atoms with van der Waals surface area (Å²) in [6.45, 7) is 22.6. The predicted molar refractivity (Wildman–Crippen MR) is 191 cm³/mol. The van der Waals surface area contributed by atoms with E-state index < -0.39 is 12.3 Å². The van der Waals surface area contributed by atoms with E-state index in [1.165, 1.54) is 19.8 Å². The van der Waals surface area contributed by atoms with E-state index in [1.807, 2.05) is 17.9 Å². The molecule has 262 valence electrons. The van der Waals surface area contributed by atoms with E-state index in [2.05, 4.69) is 38.3 Å². The summed E-state index contributed by atoms with van der Waals surface area (Å²) in [6, 6.07) is 6.68. The Labute approximate surface area is 289 Å². The maximum Gasteiger partial charge on any atom is 0.256 e. The molecule has 2 aromatic carbocycles. The second-order valence-electron chi connectivity index (χ2n) is 13.1. The number of carbonyl (C=O) groups is 2. The van der Waals surface area contributed by atoms with Crippen molar-refractivity contribution in [1.82, 2.24) is 9.80 Å². The number of rotatable bonds is 14. The topological polar surface area (TPSA) is 104 Å². The quantitative estimate of drug-likeness (QED) is 0.159. The molecule has 0 saturated carbocycles. The van der Waals surface area contributed by atoms with Crippen LogP contribution in [0.25, 0.3) is 0 Å². The summed E-state index contributed by atoms with van der Waals surface area (Å²) in [5.74, 6) is 1.55. The van der Waals surface area contributed by atoms with Gasteiger partial charge in [0.1, 0.15) is 0 Å². The lowest BCUT2D eigenvalue weighted by Gasteiger charge is -2.34. The van der Waals surface area contributed by atoms with Gasteiger partial charge in [0, 0.05) is 61.2 Å². The van der Waals surface area contributed by atoms with Gasteiger partial charge in [-0.2, -0.15) is 0 Å². The normalized spacial score (nSPS) is 20.4. The third-order valence-corrected chi connectivity index (χ3v) is 9.35. The Morgan fingerprint density at radius 3 is 2.16 bits per heavy atom. The van der Waals surface area contributed by atoms with E-state index in [0.717, 1.165) is 30.5 Å². The van der Waals surface area contributed by atoms with Crippen molar-refractivity contribution >= 4 is 23.6 Å². The molecule has 0 radical (unpaired) electrons. The summed E-state index contributed by atoms with van der Waals surface area (Å²) >= 11 is 0. The van der Waals surface area contributed by atoms with Crippen molar-refractivity contribution in [2.75, 3.05) is 63.9 Å². The Morgan fingerprint density at radius 1 is 0.959 bits per heavy atom. The van der Waals surface area contributed by atoms with Crippen LogP contribution in [-0.4, -0.2) is 99.5 Å². The van der Waals surface area contributed by atoms with Gasteiger partial charge in [0.2, 0.25) is 0 Å². The van der Waals surface area contributed by atoms with Gasteiger partial charge in [0.15, 0.2) is 35.5 Å². The lowest BCUT2D eigenvalue weighted by molar-refractivity contribution is 0.0530. The first kappa shape index (κ1) is 35.6.